The van der Waals surface area contributed by atoms with E-state index in [0.717, 1.165) is 22.7 Å². The van der Waals surface area contributed by atoms with Gasteiger partial charge in [-0.25, -0.2) is 0 Å². The van der Waals surface area contributed by atoms with E-state index in [1.165, 1.54) is 12.1 Å². The summed E-state index contributed by atoms with van der Waals surface area (Å²) in [4.78, 5) is 1.98. The second-order valence-electron chi connectivity index (χ2n) is 6.45. The molecule has 0 aliphatic carbocycles. The number of ether oxygens (including phenoxy) is 2. The molecule has 2 aliphatic heterocycles. The van der Waals surface area contributed by atoms with Gasteiger partial charge in [-0.2, -0.15) is 5.10 Å². The van der Waals surface area contributed by atoms with Crippen LogP contribution in [0.25, 0.3) is 5.57 Å². The Kier molecular flexibility index (Phi) is 5.16. The number of benzene rings is 2. The molecule has 2 aromatic carbocycles. The van der Waals surface area contributed by atoms with Crippen molar-refractivity contribution in [2.24, 2.45) is 5.10 Å². The molecule has 4 rings (SSSR count). The maximum Gasteiger partial charge on any atom is 0.573 e. The third-order valence-electron chi connectivity index (χ3n) is 4.34. The molecule has 0 aromatic heterocycles. The number of alkyl halides is 3. The largest absolute Gasteiger partial charge is 0.573 e. The summed E-state index contributed by atoms with van der Waals surface area (Å²) in [7, 11) is 0. The van der Waals surface area contributed by atoms with Gasteiger partial charge in [0.2, 0.25) is 0 Å². The van der Waals surface area contributed by atoms with E-state index >= 15 is 0 Å². The van der Waals surface area contributed by atoms with Crippen LogP contribution in [0.3, 0.4) is 0 Å². The predicted molar refractivity (Wildman–Crippen MR) is 103 cm³/mol. The fourth-order valence-electron chi connectivity index (χ4n) is 3.02. The van der Waals surface area contributed by atoms with E-state index in [-0.39, 0.29) is 5.75 Å². The lowest BCUT2D eigenvalue weighted by Gasteiger charge is -2.20. The molecule has 0 saturated carbocycles. The van der Waals surface area contributed by atoms with Crippen LogP contribution in [0.2, 0.25) is 0 Å². The standard InChI is InChI=1S/C21H18F3N3O2/c22-21(23,24)29-19-9-6-16(7-10-19)17-8-11-20-25-27(15-26(20)14-17)12-13-28-18-4-2-1-3-5-18/h1-11,14H,12-13,15H2. The average molecular weight is 401 g/mol. The fraction of sp³-hybridized carbons (Fsp3) is 0.190. The maximum absolute atomic E-state index is 12.3. The summed E-state index contributed by atoms with van der Waals surface area (Å²) in [6.07, 6.45) is 1.00. The minimum Gasteiger partial charge on any atom is -0.492 e. The summed E-state index contributed by atoms with van der Waals surface area (Å²) in [6.45, 7) is 1.72. The quantitative estimate of drug-likeness (QED) is 0.716. The molecule has 0 spiro atoms. The number of allylic oxidation sites excluding steroid dienone is 2. The topological polar surface area (TPSA) is 37.3 Å². The van der Waals surface area contributed by atoms with Crippen molar-refractivity contribution in [3.05, 3.63) is 78.5 Å². The molecular formula is C21H18F3N3O2. The lowest BCUT2D eigenvalue weighted by molar-refractivity contribution is -0.274. The minimum absolute atomic E-state index is 0.241. The van der Waals surface area contributed by atoms with Crippen LogP contribution in [-0.4, -0.2) is 41.9 Å². The number of hydrogen-bond acceptors (Lipinski definition) is 5. The molecule has 0 N–H and O–H groups in total. The van der Waals surface area contributed by atoms with Crippen LogP contribution in [0, 0.1) is 0 Å². The summed E-state index contributed by atoms with van der Waals surface area (Å²) >= 11 is 0. The minimum atomic E-state index is -4.69. The third kappa shape index (κ3) is 4.90. The Morgan fingerprint density at radius 2 is 1.69 bits per heavy atom. The summed E-state index contributed by atoms with van der Waals surface area (Å²) < 4.78 is 46.5. The van der Waals surface area contributed by atoms with Gasteiger partial charge in [-0.1, -0.05) is 30.3 Å². The molecule has 8 heteroatoms. The van der Waals surface area contributed by atoms with Crippen LogP contribution >= 0.6 is 0 Å². The normalized spacial score (nSPS) is 15.7. The summed E-state index contributed by atoms with van der Waals surface area (Å²) in [6, 6.07) is 15.4. The highest BCUT2D eigenvalue weighted by molar-refractivity contribution is 6.00. The lowest BCUT2D eigenvalue weighted by atomic mass is 10.0. The van der Waals surface area contributed by atoms with Crippen molar-refractivity contribution in [2.45, 2.75) is 6.36 Å². The Morgan fingerprint density at radius 1 is 0.931 bits per heavy atom. The molecule has 5 nitrogen and oxygen atoms in total. The number of hydrogen-bond donors (Lipinski definition) is 0. The zero-order valence-electron chi connectivity index (χ0n) is 15.3. The van der Waals surface area contributed by atoms with Crippen LogP contribution in [0.4, 0.5) is 13.2 Å². The first-order valence-corrected chi connectivity index (χ1v) is 9.00. The molecule has 0 atom stereocenters. The van der Waals surface area contributed by atoms with Crippen LogP contribution in [0.1, 0.15) is 5.56 Å². The van der Waals surface area contributed by atoms with Crippen molar-refractivity contribution in [3.8, 4) is 11.5 Å². The van der Waals surface area contributed by atoms with Crippen molar-refractivity contribution >= 4 is 11.4 Å². The highest BCUT2D eigenvalue weighted by Gasteiger charge is 2.31. The van der Waals surface area contributed by atoms with E-state index in [2.05, 4.69) is 9.84 Å². The molecule has 2 aliphatic rings. The SMILES string of the molecule is FC(F)(F)Oc1ccc(C2=CN3CN(CCOc4ccccc4)N=C3C=C2)cc1. The molecule has 29 heavy (non-hydrogen) atoms. The zero-order chi connectivity index (χ0) is 20.3. The average Bonchev–Trinajstić information content (AvgIpc) is 3.10. The Labute approximate surface area is 165 Å². The lowest BCUT2D eigenvalue weighted by Crippen LogP contribution is -2.29. The molecular weight excluding hydrogens is 383 g/mol. The molecule has 150 valence electrons. The van der Waals surface area contributed by atoms with E-state index < -0.39 is 6.36 Å². The Hall–Kier alpha value is -3.42. The Bertz CT molecular complexity index is 938. The number of halogens is 3. The van der Waals surface area contributed by atoms with Crippen molar-refractivity contribution in [1.29, 1.82) is 0 Å². The number of rotatable bonds is 6. The van der Waals surface area contributed by atoms with Gasteiger partial charge in [0.15, 0.2) is 5.84 Å². The maximum atomic E-state index is 12.3. The molecule has 2 aromatic rings. The van der Waals surface area contributed by atoms with Crippen molar-refractivity contribution in [1.82, 2.24) is 9.91 Å². The highest BCUT2D eigenvalue weighted by atomic mass is 19.4. The fourth-order valence-corrected chi connectivity index (χ4v) is 3.02. The van der Waals surface area contributed by atoms with E-state index in [0.29, 0.717) is 19.8 Å². The third-order valence-corrected chi connectivity index (χ3v) is 4.34. The van der Waals surface area contributed by atoms with Gasteiger partial charge in [0.05, 0.1) is 6.54 Å². The molecule has 0 saturated heterocycles. The molecule has 0 amide bonds. The van der Waals surface area contributed by atoms with E-state index in [4.69, 9.17) is 4.74 Å². The smallest absolute Gasteiger partial charge is 0.492 e. The van der Waals surface area contributed by atoms with Gasteiger partial charge in [-0.3, -0.25) is 5.01 Å². The summed E-state index contributed by atoms with van der Waals surface area (Å²) in [5.41, 5.74) is 1.67. The Morgan fingerprint density at radius 3 is 2.41 bits per heavy atom. The van der Waals surface area contributed by atoms with Crippen LogP contribution in [0.15, 0.2) is 78.1 Å². The second-order valence-corrected chi connectivity index (χ2v) is 6.45. The molecule has 0 fully saturated rings. The number of fused-ring (bicyclic) bond motifs is 1. The van der Waals surface area contributed by atoms with Gasteiger partial charge < -0.3 is 14.4 Å². The monoisotopic (exact) mass is 401 g/mol. The van der Waals surface area contributed by atoms with Crippen LogP contribution in [-0.2, 0) is 0 Å². The summed E-state index contributed by atoms with van der Waals surface area (Å²) in [5, 5.41) is 6.45. The van der Waals surface area contributed by atoms with Gasteiger partial charge >= 0.3 is 6.36 Å². The first kappa shape index (κ1) is 18.9. The van der Waals surface area contributed by atoms with Gasteiger partial charge in [0.1, 0.15) is 24.8 Å². The molecule has 2 heterocycles. The van der Waals surface area contributed by atoms with Crippen LogP contribution in [0.5, 0.6) is 11.5 Å². The van der Waals surface area contributed by atoms with Crippen LogP contribution < -0.4 is 9.47 Å². The van der Waals surface area contributed by atoms with Crippen molar-refractivity contribution in [3.63, 3.8) is 0 Å². The van der Waals surface area contributed by atoms with Gasteiger partial charge in [-0.05, 0) is 47.6 Å². The number of para-hydroxylation sites is 1. The number of hydrazone groups is 1. The van der Waals surface area contributed by atoms with E-state index in [1.807, 2.05) is 58.6 Å². The first-order valence-electron chi connectivity index (χ1n) is 9.00. The summed E-state index contributed by atoms with van der Waals surface area (Å²) in [5.74, 6) is 1.39. The zero-order valence-corrected chi connectivity index (χ0v) is 15.3. The van der Waals surface area contributed by atoms with E-state index in [1.54, 1.807) is 12.1 Å². The second kappa shape index (κ2) is 7.90. The number of amidine groups is 1. The predicted octanol–water partition coefficient (Wildman–Crippen LogP) is 4.46. The first-order chi connectivity index (χ1) is 14.0. The van der Waals surface area contributed by atoms with Gasteiger partial charge in [0.25, 0.3) is 0 Å². The Balaban J connectivity index is 1.34. The molecule has 0 unspecified atom stereocenters. The number of nitrogens with zero attached hydrogens (tertiary/aromatic N) is 3. The molecule has 0 bridgehead atoms. The van der Waals surface area contributed by atoms with Gasteiger partial charge in [0, 0.05) is 6.20 Å². The van der Waals surface area contributed by atoms with E-state index in [9.17, 15) is 13.2 Å². The van der Waals surface area contributed by atoms with Crippen molar-refractivity contribution < 1.29 is 22.6 Å². The van der Waals surface area contributed by atoms with Gasteiger partial charge in [-0.15, -0.1) is 13.2 Å². The van der Waals surface area contributed by atoms with Crippen molar-refractivity contribution in [2.75, 3.05) is 19.8 Å². The highest BCUT2D eigenvalue weighted by Crippen LogP contribution is 2.27. The molecule has 0 radical (unpaired) electrons.